The molecule has 1 heterocycles. The number of aryl methyl sites for hydroxylation is 1. The van der Waals surface area contributed by atoms with Crippen molar-refractivity contribution in [1.82, 2.24) is 10.7 Å². The van der Waals surface area contributed by atoms with Crippen LogP contribution in [0.3, 0.4) is 0 Å². The largest absolute Gasteiger partial charge is 0.349 e. The number of hydrazine groups is 1. The number of benzene rings is 2. The van der Waals surface area contributed by atoms with E-state index < -0.39 is 5.91 Å². The zero-order chi connectivity index (χ0) is 20.4. The van der Waals surface area contributed by atoms with Crippen LogP contribution < -0.4 is 21.1 Å². The fourth-order valence-electron chi connectivity index (χ4n) is 2.91. The predicted octanol–water partition coefficient (Wildman–Crippen LogP) is 1.78. The monoisotopic (exact) mass is 391 g/mol. The highest BCUT2D eigenvalue weighted by atomic mass is 16.2. The Labute approximate surface area is 168 Å². The van der Waals surface area contributed by atoms with Gasteiger partial charge in [0.25, 0.3) is 17.7 Å². The Balaban J connectivity index is 1.49. The van der Waals surface area contributed by atoms with Gasteiger partial charge in [-0.2, -0.15) is 0 Å². The fraction of sp³-hybridized carbons (Fsp3) is 0.238. The van der Waals surface area contributed by atoms with E-state index in [4.69, 9.17) is 0 Å². The molecule has 1 aliphatic heterocycles. The summed E-state index contributed by atoms with van der Waals surface area (Å²) < 4.78 is 0. The molecule has 1 saturated carbocycles. The quantitative estimate of drug-likeness (QED) is 0.723. The summed E-state index contributed by atoms with van der Waals surface area (Å²) in [5.74, 6) is -1.02. The van der Waals surface area contributed by atoms with Crippen LogP contribution in [-0.2, 0) is 9.59 Å². The number of amides is 3. The van der Waals surface area contributed by atoms with Gasteiger partial charge in [-0.05, 0) is 44.0 Å². The minimum atomic E-state index is -0.527. The van der Waals surface area contributed by atoms with Crippen molar-refractivity contribution in [3.05, 3.63) is 59.7 Å². The van der Waals surface area contributed by atoms with Crippen LogP contribution in [0.25, 0.3) is 0 Å². The molecule has 0 radical (unpaired) electrons. The van der Waals surface area contributed by atoms with Crippen LogP contribution in [0.2, 0.25) is 0 Å². The van der Waals surface area contributed by atoms with Gasteiger partial charge < -0.3 is 10.6 Å². The third kappa shape index (κ3) is 4.26. The van der Waals surface area contributed by atoms with E-state index in [0.717, 1.165) is 18.4 Å². The molecule has 0 atom stereocenters. The number of nitrogens with one attached hydrogen (secondary N) is 3. The first kappa shape index (κ1) is 18.7. The second-order valence-corrected chi connectivity index (χ2v) is 7.09. The normalized spacial score (nSPS) is 16.0. The summed E-state index contributed by atoms with van der Waals surface area (Å²) in [5, 5.41) is 6.93. The van der Waals surface area contributed by atoms with Crippen LogP contribution >= 0.6 is 0 Å². The number of aliphatic imine (C=N–C) groups is 1. The molecule has 1 fully saturated rings. The van der Waals surface area contributed by atoms with Crippen molar-refractivity contribution in [2.45, 2.75) is 25.8 Å². The second-order valence-electron chi connectivity index (χ2n) is 7.09. The van der Waals surface area contributed by atoms with Gasteiger partial charge in [-0.3, -0.25) is 24.8 Å². The molecular formula is C21H21N5O3. The molecule has 0 aromatic heterocycles. The van der Waals surface area contributed by atoms with E-state index >= 15 is 0 Å². The van der Waals surface area contributed by atoms with Gasteiger partial charge in [-0.15, -0.1) is 0 Å². The number of anilines is 2. The predicted molar refractivity (Wildman–Crippen MR) is 110 cm³/mol. The van der Waals surface area contributed by atoms with Crippen molar-refractivity contribution in [3.63, 3.8) is 0 Å². The van der Waals surface area contributed by atoms with Gasteiger partial charge in [0.05, 0.1) is 16.9 Å². The van der Waals surface area contributed by atoms with E-state index in [-0.39, 0.29) is 30.2 Å². The van der Waals surface area contributed by atoms with Gasteiger partial charge in [-0.1, -0.05) is 29.8 Å². The number of hydrogen-bond donors (Lipinski definition) is 3. The number of para-hydroxylation sites is 1. The first-order valence-electron chi connectivity index (χ1n) is 9.43. The van der Waals surface area contributed by atoms with E-state index in [0.29, 0.717) is 16.9 Å². The van der Waals surface area contributed by atoms with Gasteiger partial charge in [0.15, 0.2) is 0 Å². The maximum Gasteiger partial charge on any atom is 0.292 e. The summed E-state index contributed by atoms with van der Waals surface area (Å²) in [5.41, 5.74) is 5.22. The molecule has 0 unspecified atom stereocenters. The van der Waals surface area contributed by atoms with Gasteiger partial charge in [0.1, 0.15) is 6.54 Å². The lowest BCUT2D eigenvalue weighted by atomic mass is 10.1. The summed E-state index contributed by atoms with van der Waals surface area (Å²) in [7, 11) is 0. The summed E-state index contributed by atoms with van der Waals surface area (Å²) in [6, 6.07) is 14.3. The summed E-state index contributed by atoms with van der Waals surface area (Å²) in [6.45, 7) is 1.81. The van der Waals surface area contributed by atoms with Crippen molar-refractivity contribution < 1.29 is 14.4 Å². The average Bonchev–Trinajstić information content (AvgIpc) is 3.53. The Morgan fingerprint density at radius 3 is 2.52 bits per heavy atom. The minimum Gasteiger partial charge on any atom is -0.349 e. The highest BCUT2D eigenvalue weighted by Gasteiger charge is 2.27. The molecule has 148 valence electrons. The van der Waals surface area contributed by atoms with Crippen molar-refractivity contribution in [2.24, 2.45) is 4.99 Å². The number of amidine groups is 1. The molecular weight excluding hydrogens is 370 g/mol. The lowest BCUT2D eigenvalue weighted by molar-refractivity contribution is -0.118. The van der Waals surface area contributed by atoms with Gasteiger partial charge >= 0.3 is 0 Å². The topological polar surface area (TPSA) is 103 Å². The van der Waals surface area contributed by atoms with E-state index in [1.54, 1.807) is 36.4 Å². The zero-order valence-corrected chi connectivity index (χ0v) is 15.9. The standard InChI is InChI=1S/C21H21N5O3/c1-13-6-10-15(11-7-13)26-18(27)12-22-19(25-26)21(29)24-17-5-3-2-4-16(17)20(28)23-14-8-9-14/h2-7,10-11,14H,8-9,12H2,1H3,(H,22,25)(H,23,28)(H,24,29). The van der Waals surface area contributed by atoms with Crippen molar-refractivity contribution >= 4 is 34.9 Å². The summed E-state index contributed by atoms with van der Waals surface area (Å²) >= 11 is 0. The minimum absolute atomic E-state index is 0.00239. The maximum absolute atomic E-state index is 12.7. The molecule has 8 nitrogen and oxygen atoms in total. The van der Waals surface area contributed by atoms with Gasteiger partial charge in [0.2, 0.25) is 5.84 Å². The molecule has 3 N–H and O–H groups in total. The zero-order valence-electron chi connectivity index (χ0n) is 15.9. The van der Waals surface area contributed by atoms with E-state index in [2.05, 4.69) is 21.1 Å². The van der Waals surface area contributed by atoms with Crippen LogP contribution in [0.4, 0.5) is 11.4 Å². The lowest BCUT2D eigenvalue weighted by Gasteiger charge is -2.27. The molecule has 8 heteroatoms. The van der Waals surface area contributed by atoms with Gasteiger partial charge in [-0.25, -0.2) is 5.01 Å². The molecule has 2 aliphatic rings. The number of carbonyl (C=O) groups is 3. The molecule has 3 amide bonds. The Hall–Kier alpha value is -3.68. The van der Waals surface area contributed by atoms with Crippen LogP contribution in [0.15, 0.2) is 53.5 Å². The van der Waals surface area contributed by atoms with Crippen molar-refractivity contribution in [1.29, 1.82) is 0 Å². The highest BCUT2D eigenvalue weighted by molar-refractivity contribution is 6.43. The maximum atomic E-state index is 12.7. The smallest absolute Gasteiger partial charge is 0.292 e. The third-order valence-corrected chi connectivity index (χ3v) is 4.68. The van der Waals surface area contributed by atoms with Crippen LogP contribution in [0.1, 0.15) is 28.8 Å². The van der Waals surface area contributed by atoms with Crippen molar-refractivity contribution in [2.75, 3.05) is 16.9 Å². The first-order chi connectivity index (χ1) is 14.0. The number of carbonyl (C=O) groups excluding carboxylic acids is 3. The Morgan fingerprint density at radius 1 is 1.07 bits per heavy atom. The number of rotatable bonds is 5. The Bertz CT molecular complexity index is 996. The highest BCUT2D eigenvalue weighted by Crippen LogP contribution is 2.22. The fourth-order valence-corrected chi connectivity index (χ4v) is 2.91. The average molecular weight is 391 g/mol. The van der Waals surface area contributed by atoms with E-state index in [1.165, 1.54) is 5.01 Å². The molecule has 2 aromatic carbocycles. The van der Waals surface area contributed by atoms with Gasteiger partial charge in [0, 0.05) is 6.04 Å². The van der Waals surface area contributed by atoms with E-state index in [1.807, 2.05) is 19.1 Å². The molecule has 1 aliphatic carbocycles. The second kappa shape index (κ2) is 7.75. The van der Waals surface area contributed by atoms with Crippen LogP contribution in [0, 0.1) is 6.92 Å². The Kier molecular flexibility index (Phi) is 4.99. The first-order valence-corrected chi connectivity index (χ1v) is 9.43. The van der Waals surface area contributed by atoms with E-state index in [9.17, 15) is 14.4 Å². The number of hydrogen-bond acceptors (Lipinski definition) is 5. The van der Waals surface area contributed by atoms with Crippen LogP contribution in [0.5, 0.6) is 0 Å². The summed E-state index contributed by atoms with van der Waals surface area (Å²) in [4.78, 5) is 41.4. The molecule has 0 spiro atoms. The molecule has 29 heavy (non-hydrogen) atoms. The van der Waals surface area contributed by atoms with Crippen molar-refractivity contribution in [3.8, 4) is 0 Å². The molecule has 0 bridgehead atoms. The molecule has 0 saturated heterocycles. The SMILES string of the molecule is Cc1ccc(N2NC(C(=O)Nc3ccccc3C(=O)NC3CC3)=NCC2=O)cc1. The summed E-state index contributed by atoms with van der Waals surface area (Å²) in [6.07, 6.45) is 1.95. The lowest BCUT2D eigenvalue weighted by Crippen LogP contribution is -2.54. The third-order valence-electron chi connectivity index (χ3n) is 4.68. The number of nitrogens with zero attached hydrogens (tertiary/aromatic N) is 2. The molecule has 4 rings (SSSR count). The Morgan fingerprint density at radius 2 is 1.79 bits per heavy atom. The molecule has 2 aromatic rings. The van der Waals surface area contributed by atoms with Crippen LogP contribution in [-0.4, -0.2) is 36.1 Å².